The Morgan fingerprint density at radius 1 is 1.45 bits per heavy atom. The molecule has 2 aromatic rings. The molecular formula is C9H9NS. The average molecular weight is 163 g/mol. The van der Waals surface area contributed by atoms with E-state index >= 15 is 0 Å². The van der Waals surface area contributed by atoms with Gasteiger partial charge in [-0.05, 0) is 30.0 Å². The standard InChI is InChI=1S/C9H9NS/c1-7-4-9(10-5-7)8-2-3-11-6-8/h2-6,10H,1H3. The molecule has 11 heavy (non-hydrogen) atoms. The molecule has 0 saturated carbocycles. The van der Waals surface area contributed by atoms with Crippen LogP contribution in [0.1, 0.15) is 5.56 Å². The lowest BCUT2D eigenvalue weighted by atomic mass is 10.2. The Labute approximate surface area is 69.7 Å². The molecular weight excluding hydrogens is 154 g/mol. The van der Waals surface area contributed by atoms with Crippen molar-refractivity contribution in [3.63, 3.8) is 0 Å². The van der Waals surface area contributed by atoms with Gasteiger partial charge in [-0.2, -0.15) is 11.3 Å². The molecule has 0 unspecified atom stereocenters. The number of hydrogen-bond donors (Lipinski definition) is 1. The van der Waals surface area contributed by atoms with Gasteiger partial charge in [-0.3, -0.25) is 0 Å². The minimum absolute atomic E-state index is 1.21. The Bertz CT molecular complexity index is 332. The van der Waals surface area contributed by atoms with Crippen LogP contribution in [0.5, 0.6) is 0 Å². The molecule has 0 spiro atoms. The number of hydrogen-bond acceptors (Lipinski definition) is 1. The van der Waals surface area contributed by atoms with E-state index in [1.807, 2.05) is 6.20 Å². The lowest BCUT2D eigenvalue weighted by Crippen LogP contribution is -1.67. The molecule has 2 rings (SSSR count). The van der Waals surface area contributed by atoms with Crippen LogP contribution in [0.15, 0.2) is 29.1 Å². The first-order valence-electron chi connectivity index (χ1n) is 3.54. The van der Waals surface area contributed by atoms with Crippen LogP contribution in [0, 0.1) is 6.92 Å². The normalized spacial score (nSPS) is 10.3. The van der Waals surface area contributed by atoms with Crippen molar-refractivity contribution in [2.45, 2.75) is 6.92 Å². The Morgan fingerprint density at radius 2 is 2.36 bits per heavy atom. The third-order valence-electron chi connectivity index (χ3n) is 1.66. The van der Waals surface area contributed by atoms with Gasteiger partial charge in [0.05, 0.1) is 0 Å². The van der Waals surface area contributed by atoms with Gasteiger partial charge in [0.2, 0.25) is 0 Å². The van der Waals surface area contributed by atoms with Crippen molar-refractivity contribution < 1.29 is 0 Å². The van der Waals surface area contributed by atoms with E-state index in [1.54, 1.807) is 11.3 Å². The second-order valence-electron chi connectivity index (χ2n) is 2.60. The predicted molar refractivity (Wildman–Crippen MR) is 48.8 cm³/mol. The molecule has 2 heteroatoms. The Hall–Kier alpha value is -1.02. The molecule has 0 radical (unpaired) electrons. The van der Waals surface area contributed by atoms with E-state index in [-0.39, 0.29) is 0 Å². The third-order valence-corrected chi connectivity index (χ3v) is 2.34. The molecule has 0 aliphatic carbocycles. The highest BCUT2D eigenvalue weighted by Crippen LogP contribution is 2.20. The van der Waals surface area contributed by atoms with Crippen molar-refractivity contribution in [3.05, 3.63) is 34.7 Å². The summed E-state index contributed by atoms with van der Waals surface area (Å²) in [5, 5.41) is 4.23. The average Bonchev–Trinajstić information content (AvgIpc) is 2.55. The summed E-state index contributed by atoms with van der Waals surface area (Å²) in [6, 6.07) is 4.28. The first kappa shape index (κ1) is 6.68. The summed E-state index contributed by atoms with van der Waals surface area (Å²) >= 11 is 1.72. The molecule has 2 heterocycles. The lowest BCUT2D eigenvalue weighted by molar-refractivity contribution is 1.39. The van der Waals surface area contributed by atoms with Gasteiger partial charge in [0.25, 0.3) is 0 Å². The highest BCUT2D eigenvalue weighted by molar-refractivity contribution is 7.08. The van der Waals surface area contributed by atoms with Gasteiger partial charge in [0.15, 0.2) is 0 Å². The molecule has 0 amide bonds. The Balaban J connectivity index is 2.45. The van der Waals surface area contributed by atoms with E-state index in [0.29, 0.717) is 0 Å². The molecule has 1 N–H and O–H groups in total. The number of aromatic nitrogens is 1. The molecule has 2 aromatic heterocycles. The molecule has 0 aliphatic heterocycles. The highest BCUT2D eigenvalue weighted by atomic mass is 32.1. The van der Waals surface area contributed by atoms with Crippen molar-refractivity contribution in [1.29, 1.82) is 0 Å². The number of aromatic amines is 1. The van der Waals surface area contributed by atoms with Crippen molar-refractivity contribution in [1.82, 2.24) is 4.98 Å². The molecule has 0 atom stereocenters. The molecule has 0 fully saturated rings. The van der Waals surface area contributed by atoms with Crippen LogP contribution in [0.2, 0.25) is 0 Å². The van der Waals surface area contributed by atoms with Crippen LogP contribution < -0.4 is 0 Å². The number of rotatable bonds is 1. The van der Waals surface area contributed by atoms with E-state index in [9.17, 15) is 0 Å². The summed E-state index contributed by atoms with van der Waals surface area (Å²) < 4.78 is 0. The summed E-state index contributed by atoms with van der Waals surface area (Å²) in [4.78, 5) is 3.21. The van der Waals surface area contributed by atoms with E-state index < -0.39 is 0 Å². The van der Waals surface area contributed by atoms with Gasteiger partial charge in [0.1, 0.15) is 0 Å². The smallest absolute Gasteiger partial charge is 0.0465 e. The molecule has 56 valence electrons. The second kappa shape index (κ2) is 2.55. The lowest BCUT2D eigenvalue weighted by Gasteiger charge is -1.87. The SMILES string of the molecule is Cc1c[nH]c(-c2ccsc2)c1. The molecule has 0 bridgehead atoms. The van der Waals surface area contributed by atoms with Crippen molar-refractivity contribution in [2.75, 3.05) is 0 Å². The van der Waals surface area contributed by atoms with E-state index in [4.69, 9.17) is 0 Å². The van der Waals surface area contributed by atoms with Gasteiger partial charge in [-0.1, -0.05) is 0 Å². The van der Waals surface area contributed by atoms with E-state index in [2.05, 4.69) is 34.8 Å². The first-order chi connectivity index (χ1) is 5.36. The van der Waals surface area contributed by atoms with Crippen LogP contribution in [-0.4, -0.2) is 4.98 Å². The van der Waals surface area contributed by atoms with Crippen molar-refractivity contribution in [2.24, 2.45) is 0 Å². The fourth-order valence-electron chi connectivity index (χ4n) is 1.09. The maximum atomic E-state index is 3.21. The van der Waals surface area contributed by atoms with E-state index in [0.717, 1.165) is 0 Å². The first-order valence-corrected chi connectivity index (χ1v) is 4.48. The summed E-state index contributed by atoms with van der Waals surface area (Å²) in [6.07, 6.45) is 2.02. The molecule has 0 saturated heterocycles. The van der Waals surface area contributed by atoms with Gasteiger partial charge in [-0.25, -0.2) is 0 Å². The fourth-order valence-corrected chi connectivity index (χ4v) is 1.74. The van der Waals surface area contributed by atoms with Crippen LogP contribution >= 0.6 is 11.3 Å². The van der Waals surface area contributed by atoms with Crippen molar-refractivity contribution >= 4 is 11.3 Å². The topological polar surface area (TPSA) is 15.8 Å². The minimum atomic E-state index is 1.21. The quantitative estimate of drug-likeness (QED) is 0.665. The van der Waals surface area contributed by atoms with Gasteiger partial charge < -0.3 is 4.98 Å². The van der Waals surface area contributed by atoms with Gasteiger partial charge >= 0.3 is 0 Å². The number of aryl methyl sites for hydroxylation is 1. The molecule has 0 aromatic carbocycles. The summed E-state index contributed by atoms with van der Waals surface area (Å²) in [6.45, 7) is 2.09. The van der Waals surface area contributed by atoms with Gasteiger partial charge in [0, 0.05) is 22.8 Å². The second-order valence-corrected chi connectivity index (χ2v) is 3.38. The third kappa shape index (κ3) is 1.21. The zero-order chi connectivity index (χ0) is 7.68. The Morgan fingerprint density at radius 3 is 2.91 bits per heavy atom. The maximum Gasteiger partial charge on any atom is 0.0465 e. The zero-order valence-electron chi connectivity index (χ0n) is 6.29. The number of thiophene rings is 1. The zero-order valence-corrected chi connectivity index (χ0v) is 7.11. The maximum absolute atomic E-state index is 3.21. The number of H-pyrrole nitrogens is 1. The molecule has 1 nitrogen and oxygen atoms in total. The predicted octanol–water partition coefficient (Wildman–Crippen LogP) is 3.05. The van der Waals surface area contributed by atoms with Crippen LogP contribution in [-0.2, 0) is 0 Å². The van der Waals surface area contributed by atoms with E-state index in [1.165, 1.54) is 16.8 Å². The molecule has 0 aliphatic rings. The van der Waals surface area contributed by atoms with Crippen LogP contribution in [0.25, 0.3) is 11.3 Å². The fraction of sp³-hybridized carbons (Fsp3) is 0.111. The van der Waals surface area contributed by atoms with Crippen molar-refractivity contribution in [3.8, 4) is 11.3 Å². The van der Waals surface area contributed by atoms with Crippen LogP contribution in [0.3, 0.4) is 0 Å². The summed E-state index contributed by atoms with van der Waals surface area (Å²) in [5.41, 5.74) is 3.78. The largest absolute Gasteiger partial charge is 0.361 e. The minimum Gasteiger partial charge on any atom is -0.361 e. The summed E-state index contributed by atoms with van der Waals surface area (Å²) in [5.74, 6) is 0. The Kier molecular flexibility index (Phi) is 1.55. The number of nitrogens with one attached hydrogen (secondary N) is 1. The van der Waals surface area contributed by atoms with Crippen LogP contribution in [0.4, 0.5) is 0 Å². The summed E-state index contributed by atoms with van der Waals surface area (Å²) in [7, 11) is 0. The highest BCUT2D eigenvalue weighted by Gasteiger charge is 1.97. The monoisotopic (exact) mass is 163 g/mol. The van der Waals surface area contributed by atoms with Gasteiger partial charge in [-0.15, -0.1) is 0 Å².